The molecule has 14 nitrogen and oxygen atoms in total. The normalized spacial score (nSPS) is 20.6. The number of ether oxygens (including phenoxy) is 2. The molecule has 7 atom stereocenters. The van der Waals surface area contributed by atoms with Gasteiger partial charge in [-0.15, -0.1) is 11.8 Å². The van der Waals surface area contributed by atoms with Gasteiger partial charge < -0.3 is 41.4 Å². The predicted octanol–water partition coefficient (Wildman–Crippen LogP) is 6.74. The van der Waals surface area contributed by atoms with Crippen molar-refractivity contribution in [3.63, 3.8) is 0 Å². The minimum absolute atomic E-state index is 0.0859. The molecule has 0 bridgehead atoms. The standard InChI is InChI=1S/C53H72N6O8S/c1-51(2,3)44(54)49(64)59-30-36(29-42(59)47(62)56-40-23-15-19-35-17-11-13-21-38(35)40)33-26-24-32(25-27-33)28-41(46(61)55-39-22-14-18-34-16-10-12-20-37(34)39)57-48(63)45(58-50(65)67-52(4,5)6)53(7,8)68-31-43(60)66-9/h10-13,16-17,20-21,24-27,36,39-42,44-45H,14-15,18-19,22-23,28-31,54H2,1-9H3,(H,55,61)(H,56,62)(H,57,63)(H,58,65)/t36-,39+,40+,41-,42-,44?,45+/m0/s1. The number of carbonyl (C=O) groups excluding carboxylic acids is 6. The molecule has 6 rings (SSSR count). The van der Waals surface area contributed by atoms with E-state index in [9.17, 15) is 28.8 Å². The second kappa shape index (κ2) is 21.9. The van der Waals surface area contributed by atoms with E-state index in [4.69, 9.17) is 15.2 Å². The van der Waals surface area contributed by atoms with Crippen LogP contribution in [0.15, 0.2) is 72.8 Å². The quantitative estimate of drug-likeness (QED) is 0.102. The molecule has 1 heterocycles. The van der Waals surface area contributed by atoms with Crippen LogP contribution in [0, 0.1) is 5.41 Å². The van der Waals surface area contributed by atoms with Crippen LogP contribution in [0.25, 0.3) is 0 Å². The van der Waals surface area contributed by atoms with E-state index in [1.54, 1.807) is 39.5 Å². The zero-order valence-electron chi connectivity index (χ0n) is 41.2. The molecule has 1 fully saturated rings. The molecule has 0 aromatic heterocycles. The van der Waals surface area contributed by atoms with Crippen molar-refractivity contribution in [3.8, 4) is 0 Å². The van der Waals surface area contributed by atoms with Crippen LogP contribution in [0.2, 0.25) is 0 Å². The summed E-state index contributed by atoms with van der Waals surface area (Å²) in [6.45, 7) is 14.7. The number of methoxy groups -OCH3 is 1. The molecule has 68 heavy (non-hydrogen) atoms. The highest BCUT2D eigenvalue weighted by atomic mass is 32.2. The summed E-state index contributed by atoms with van der Waals surface area (Å²) < 4.78 is 9.34. The lowest BCUT2D eigenvalue weighted by molar-refractivity contribution is -0.141. The second-order valence-electron chi connectivity index (χ2n) is 21.1. The number of likely N-dealkylation sites (tertiary alicyclic amines) is 1. The maximum absolute atomic E-state index is 14.5. The lowest BCUT2D eigenvalue weighted by atomic mass is 9.86. The summed E-state index contributed by atoms with van der Waals surface area (Å²) in [6, 6.07) is 19.7. The molecule has 0 radical (unpaired) electrons. The van der Waals surface area contributed by atoms with E-state index in [2.05, 4.69) is 39.5 Å². The number of carbonyl (C=O) groups is 6. The first-order valence-corrected chi connectivity index (χ1v) is 24.9. The third-order valence-corrected chi connectivity index (χ3v) is 14.7. The lowest BCUT2D eigenvalue weighted by Crippen LogP contribution is -2.60. The number of rotatable bonds is 15. The Morgan fingerprint density at radius 2 is 1.34 bits per heavy atom. The van der Waals surface area contributed by atoms with Crippen molar-refractivity contribution in [1.29, 1.82) is 0 Å². The minimum Gasteiger partial charge on any atom is -0.468 e. The van der Waals surface area contributed by atoms with Crippen LogP contribution in [0.4, 0.5) is 4.79 Å². The van der Waals surface area contributed by atoms with Crippen LogP contribution >= 0.6 is 11.8 Å². The number of esters is 1. The van der Waals surface area contributed by atoms with Gasteiger partial charge in [-0.1, -0.05) is 93.6 Å². The van der Waals surface area contributed by atoms with Crippen LogP contribution in [-0.4, -0.2) is 94.5 Å². The zero-order chi connectivity index (χ0) is 49.6. The number of alkyl carbamates (subject to hydrolysis) is 1. The Morgan fingerprint density at radius 1 is 0.765 bits per heavy atom. The van der Waals surface area contributed by atoms with Gasteiger partial charge in [0.15, 0.2) is 0 Å². The van der Waals surface area contributed by atoms with E-state index in [0.29, 0.717) is 13.0 Å². The molecule has 368 valence electrons. The van der Waals surface area contributed by atoms with Gasteiger partial charge in [0.05, 0.1) is 31.0 Å². The van der Waals surface area contributed by atoms with Gasteiger partial charge in [0.25, 0.3) is 0 Å². The van der Waals surface area contributed by atoms with E-state index < -0.39 is 63.8 Å². The first kappa shape index (κ1) is 52.0. The maximum Gasteiger partial charge on any atom is 0.408 e. The summed E-state index contributed by atoms with van der Waals surface area (Å²) in [6.07, 6.45) is 4.93. The maximum atomic E-state index is 14.5. The molecule has 1 unspecified atom stereocenters. The number of aryl methyl sites for hydroxylation is 2. The van der Waals surface area contributed by atoms with Crippen molar-refractivity contribution in [2.24, 2.45) is 11.1 Å². The molecule has 0 spiro atoms. The lowest BCUT2D eigenvalue weighted by Gasteiger charge is -2.35. The van der Waals surface area contributed by atoms with Crippen molar-refractivity contribution in [1.82, 2.24) is 26.2 Å². The van der Waals surface area contributed by atoms with Crippen molar-refractivity contribution >= 4 is 47.5 Å². The number of fused-ring (bicyclic) bond motifs is 2. The van der Waals surface area contributed by atoms with E-state index in [-0.39, 0.29) is 42.0 Å². The Kier molecular flexibility index (Phi) is 16.7. The molecule has 1 aliphatic heterocycles. The summed E-state index contributed by atoms with van der Waals surface area (Å²) in [5.74, 6) is -2.25. The first-order valence-electron chi connectivity index (χ1n) is 24.0. The summed E-state index contributed by atoms with van der Waals surface area (Å²) in [7, 11) is 1.28. The number of nitrogens with two attached hydrogens (primary N) is 1. The molecule has 3 aliphatic rings. The number of hydrogen-bond acceptors (Lipinski definition) is 10. The van der Waals surface area contributed by atoms with E-state index >= 15 is 0 Å². The Bertz CT molecular complexity index is 2310. The number of nitrogens with one attached hydrogen (secondary N) is 4. The number of benzene rings is 3. The van der Waals surface area contributed by atoms with Gasteiger partial charge >= 0.3 is 12.1 Å². The van der Waals surface area contributed by atoms with Gasteiger partial charge in [0.1, 0.15) is 23.7 Å². The Morgan fingerprint density at radius 3 is 1.90 bits per heavy atom. The molecule has 3 aromatic carbocycles. The second-order valence-corrected chi connectivity index (χ2v) is 22.8. The van der Waals surface area contributed by atoms with Crippen molar-refractivity contribution in [2.45, 2.75) is 159 Å². The zero-order valence-corrected chi connectivity index (χ0v) is 42.1. The van der Waals surface area contributed by atoms with Gasteiger partial charge in [-0.2, -0.15) is 0 Å². The summed E-state index contributed by atoms with van der Waals surface area (Å²) in [4.78, 5) is 84.6. The largest absolute Gasteiger partial charge is 0.468 e. The molecular weight excluding hydrogens is 881 g/mol. The summed E-state index contributed by atoms with van der Waals surface area (Å²) in [5.41, 5.74) is 11.4. The fourth-order valence-corrected chi connectivity index (χ4v) is 10.4. The molecule has 5 amide bonds. The van der Waals surface area contributed by atoms with E-state index in [1.807, 2.05) is 75.4 Å². The van der Waals surface area contributed by atoms with Gasteiger partial charge in [0, 0.05) is 23.6 Å². The Hall–Kier alpha value is -5.41. The van der Waals surface area contributed by atoms with Gasteiger partial charge in [0.2, 0.25) is 23.6 Å². The fourth-order valence-electron chi connectivity index (χ4n) is 9.46. The van der Waals surface area contributed by atoms with Gasteiger partial charge in [-0.3, -0.25) is 24.0 Å². The van der Waals surface area contributed by atoms with Crippen LogP contribution in [0.1, 0.15) is 139 Å². The Labute approximate surface area is 406 Å². The average Bonchev–Trinajstić information content (AvgIpc) is 3.75. The first-order chi connectivity index (χ1) is 32.0. The average molecular weight is 953 g/mol. The molecule has 3 aromatic rings. The fraction of sp³-hybridized carbons (Fsp3) is 0.547. The predicted molar refractivity (Wildman–Crippen MR) is 265 cm³/mol. The smallest absolute Gasteiger partial charge is 0.408 e. The third kappa shape index (κ3) is 13.2. The number of hydrogen-bond donors (Lipinski definition) is 5. The monoisotopic (exact) mass is 953 g/mol. The van der Waals surface area contributed by atoms with Gasteiger partial charge in [-0.25, -0.2) is 4.79 Å². The highest BCUT2D eigenvalue weighted by Gasteiger charge is 2.45. The molecule has 6 N–H and O–H groups in total. The summed E-state index contributed by atoms with van der Waals surface area (Å²) in [5, 5.41) is 12.2. The van der Waals surface area contributed by atoms with Crippen molar-refractivity contribution < 1.29 is 38.2 Å². The van der Waals surface area contributed by atoms with E-state index in [1.165, 1.54) is 12.7 Å². The number of nitrogens with zero attached hydrogens (tertiary/aromatic N) is 1. The molecule has 0 saturated carbocycles. The molecular formula is C53H72N6O8S. The highest BCUT2D eigenvalue weighted by Crippen LogP contribution is 2.37. The topological polar surface area (TPSA) is 198 Å². The van der Waals surface area contributed by atoms with Gasteiger partial charge in [-0.05, 0) is 118 Å². The van der Waals surface area contributed by atoms with E-state index in [0.717, 1.165) is 78.1 Å². The SMILES string of the molecule is COC(=O)CSC(C)(C)[C@H](NC(=O)OC(C)(C)C)C(=O)N[C@@H](Cc1ccc([C@H]2C[C@@H](C(=O)N[C@@H]3CCCc4ccccc43)N(C(=O)C(N)C(C)(C)C)C2)cc1)C(=O)N[C@@H]1CCCc2ccccc21. The third-order valence-electron chi connectivity index (χ3n) is 13.4. The van der Waals surface area contributed by atoms with Crippen molar-refractivity contribution in [3.05, 3.63) is 106 Å². The van der Waals surface area contributed by atoms with Crippen LogP contribution in [-0.2, 0) is 52.7 Å². The van der Waals surface area contributed by atoms with Crippen LogP contribution in [0.5, 0.6) is 0 Å². The van der Waals surface area contributed by atoms with Crippen LogP contribution < -0.4 is 27.0 Å². The molecule has 2 aliphatic carbocycles. The Balaban J connectivity index is 1.26. The van der Waals surface area contributed by atoms with Crippen molar-refractivity contribution in [2.75, 3.05) is 19.4 Å². The minimum atomic E-state index is -1.24. The summed E-state index contributed by atoms with van der Waals surface area (Å²) >= 11 is 1.13. The molecule has 1 saturated heterocycles. The van der Waals surface area contributed by atoms with Crippen LogP contribution in [0.3, 0.4) is 0 Å². The number of thioether (sulfide) groups is 1. The highest BCUT2D eigenvalue weighted by molar-refractivity contribution is 8.01. The molecule has 15 heteroatoms. The number of amides is 5.